The van der Waals surface area contributed by atoms with Crippen LogP contribution in [0.1, 0.15) is 19.4 Å². The molecular weight excluding hydrogens is 293 g/mol. The molecule has 0 saturated carbocycles. The summed E-state index contributed by atoms with van der Waals surface area (Å²) in [6.45, 7) is 5.01. The van der Waals surface area contributed by atoms with E-state index in [4.69, 9.17) is 27.9 Å². The molecule has 2 nitrogen and oxygen atoms in total. The maximum atomic E-state index is 6.25. The van der Waals surface area contributed by atoms with Gasteiger partial charge >= 0.3 is 0 Å². The molecule has 0 spiro atoms. The van der Waals surface area contributed by atoms with Crippen molar-refractivity contribution in [2.45, 2.75) is 26.4 Å². The molecule has 0 saturated heterocycles. The van der Waals surface area contributed by atoms with Crippen LogP contribution < -0.4 is 10.1 Å². The van der Waals surface area contributed by atoms with E-state index in [0.29, 0.717) is 27.6 Å². The molecule has 0 aliphatic carbocycles. The van der Waals surface area contributed by atoms with Crippen LogP contribution in [0.2, 0.25) is 10.0 Å². The first-order valence-corrected chi connectivity index (χ1v) is 7.25. The molecular formula is C16H17Cl2NO. The Morgan fingerprint density at radius 2 is 1.90 bits per heavy atom. The van der Waals surface area contributed by atoms with Crippen molar-refractivity contribution < 1.29 is 4.74 Å². The van der Waals surface area contributed by atoms with E-state index in [-0.39, 0.29) is 0 Å². The Labute approximate surface area is 129 Å². The van der Waals surface area contributed by atoms with Crippen molar-refractivity contribution in [3.8, 4) is 11.5 Å². The van der Waals surface area contributed by atoms with Crippen molar-refractivity contribution in [3.63, 3.8) is 0 Å². The Kier molecular flexibility index (Phi) is 5.30. The van der Waals surface area contributed by atoms with Crippen LogP contribution in [0.25, 0.3) is 0 Å². The van der Waals surface area contributed by atoms with Crippen LogP contribution in [-0.4, -0.2) is 6.04 Å². The van der Waals surface area contributed by atoms with Gasteiger partial charge in [0.05, 0.1) is 5.02 Å². The highest BCUT2D eigenvalue weighted by Crippen LogP contribution is 2.31. The third-order valence-corrected chi connectivity index (χ3v) is 3.27. The van der Waals surface area contributed by atoms with Crippen LogP contribution in [0.3, 0.4) is 0 Å². The zero-order valence-corrected chi connectivity index (χ0v) is 13.0. The van der Waals surface area contributed by atoms with Gasteiger partial charge in [-0.2, -0.15) is 0 Å². The fraction of sp³-hybridized carbons (Fsp3) is 0.250. The second-order valence-electron chi connectivity index (χ2n) is 4.86. The van der Waals surface area contributed by atoms with Gasteiger partial charge in [0.25, 0.3) is 0 Å². The minimum absolute atomic E-state index is 0.441. The van der Waals surface area contributed by atoms with E-state index in [9.17, 15) is 0 Å². The van der Waals surface area contributed by atoms with Gasteiger partial charge < -0.3 is 10.1 Å². The molecule has 106 valence electrons. The van der Waals surface area contributed by atoms with Gasteiger partial charge in [-0.05, 0) is 35.9 Å². The highest BCUT2D eigenvalue weighted by atomic mass is 35.5. The zero-order valence-electron chi connectivity index (χ0n) is 11.5. The average molecular weight is 310 g/mol. The lowest BCUT2D eigenvalue weighted by Crippen LogP contribution is -2.21. The fourth-order valence-electron chi connectivity index (χ4n) is 1.72. The molecule has 0 atom stereocenters. The minimum Gasteiger partial charge on any atom is -0.456 e. The Morgan fingerprint density at radius 1 is 1.10 bits per heavy atom. The third kappa shape index (κ3) is 4.41. The van der Waals surface area contributed by atoms with Gasteiger partial charge in [-0.15, -0.1) is 0 Å². The quantitative estimate of drug-likeness (QED) is 0.811. The molecule has 2 aromatic carbocycles. The molecule has 4 heteroatoms. The average Bonchev–Trinajstić information content (AvgIpc) is 2.39. The molecule has 0 aromatic heterocycles. The number of ether oxygens (including phenoxy) is 1. The van der Waals surface area contributed by atoms with Crippen molar-refractivity contribution in [2.75, 3.05) is 0 Å². The van der Waals surface area contributed by atoms with Crippen LogP contribution >= 0.6 is 23.2 Å². The number of benzene rings is 2. The van der Waals surface area contributed by atoms with Crippen molar-refractivity contribution >= 4 is 23.2 Å². The number of rotatable bonds is 5. The summed E-state index contributed by atoms with van der Waals surface area (Å²) in [5.41, 5.74) is 1.13. The Balaban J connectivity index is 2.09. The molecule has 0 radical (unpaired) electrons. The first-order chi connectivity index (χ1) is 9.54. The summed E-state index contributed by atoms with van der Waals surface area (Å²) in [5, 5.41) is 4.58. The summed E-state index contributed by atoms with van der Waals surface area (Å²) in [7, 11) is 0. The van der Waals surface area contributed by atoms with Crippen LogP contribution in [-0.2, 0) is 6.54 Å². The standard InChI is InChI=1S/C16H17Cl2NO/c1-11(2)19-10-12-6-7-16(15(18)8-12)20-14-5-3-4-13(17)9-14/h3-9,11,19H,10H2,1-2H3. The first kappa shape index (κ1) is 15.2. The maximum absolute atomic E-state index is 6.25. The van der Waals surface area contributed by atoms with Crippen molar-refractivity contribution in [1.29, 1.82) is 0 Å². The van der Waals surface area contributed by atoms with Gasteiger partial charge in [0.1, 0.15) is 11.5 Å². The van der Waals surface area contributed by atoms with Gasteiger partial charge in [-0.25, -0.2) is 0 Å². The van der Waals surface area contributed by atoms with E-state index in [1.807, 2.05) is 30.3 Å². The summed E-state index contributed by atoms with van der Waals surface area (Å²) < 4.78 is 5.73. The van der Waals surface area contributed by atoms with E-state index >= 15 is 0 Å². The monoisotopic (exact) mass is 309 g/mol. The van der Waals surface area contributed by atoms with Gasteiger partial charge in [0.15, 0.2) is 0 Å². The molecule has 1 N–H and O–H groups in total. The normalized spacial score (nSPS) is 10.8. The summed E-state index contributed by atoms with van der Waals surface area (Å²) in [6, 6.07) is 13.5. The molecule has 0 unspecified atom stereocenters. The van der Waals surface area contributed by atoms with Crippen LogP contribution in [0.15, 0.2) is 42.5 Å². The molecule has 0 aliphatic heterocycles. The minimum atomic E-state index is 0.441. The van der Waals surface area contributed by atoms with Crippen LogP contribution in [0.4, 0.5) is 0 Å². The molecule has 20 heavy (non-hydrogen) atoms. The van der Waals surface area contributed by atoms with E-state index in [1.54, 1.807) is 12.1 Å². The Hall–Kier alpha value is -1.22. The van der Waals surface area contributed by atoms with Crippen molar-refractivity contribution in [2.24, 2.45) is 0 Å². The SMILES string of the molecule is CC(C)NCc1ccc(Oc2cccc(Cl)c2)c(Cl)c1. The van der Waals surface area contributed by atoms with Gasteiger partial charge in [0.2, 0.25) is 0 Å². The molecule has 2 rings (SSSR count). The number of hydrogen-bond acceptors (Lipinski definition) is 2. The van der Waals surface area contributed by atoms with Gasteiger partial charge in [-0.3, -0.25) is 0 Å². The second kappa shape index (κ2) is 6.98. The second-order valence-corrected chi connectivity index (χ2v) is 5.70. The highest BCUT2D eigenvalue weighted by Gasteiger charge is 2.05. The Bertz CT molecular complexity index is 584. The molecule has 0 amide bonds. The van der Waals surface area contributed by atoms with Crippen molar-refractivity contribution in [1.82, 2.24) is 5.32 Å². The molecule has 2 aromatic rings. The predicted molar refractivity (Wildman–Crippen MR) is 85.0 cm³/mol. The lowest BCUT2D eigenvalue weighted by atomic mass is 10.2. The van der Waals surface area contributed by atoms with Gasteiger partial charge in [-0.1, -0.05) is 49.2 Å². The number of halogens is 2. The first-order valence-electron chi connectivity index (χ1n) is 6.50. The summed E-state index contributed by atoms with van der Waals surface area (Å²) >= 11 is 12.2. The largest absolute Gasteiger partial charge is 0.456 e. The number of nitrogens with one attached hydrogen (secondary N) is 1. The predicted octanol–water partition coefficient (Wildman–Crippen LogP) is 5.28. The lowest BCUT2D eigenvalue weighted by molar-refractivity contribution is 0.482. The summed E-state index contributed by atoms with van der Waals surface area (Å²) in [5.74, 6) is 1.30. The zero-order chi connectivity index (χ0) is 14.5. The van der Waals surface area contributed by atoms with E-state index in [0.717, 1.165) is 12.1 Å². The van der Waals surface area contributed by atoms with E-state index in [1.165, 1.54) is 0 Å². The topological polar surface area (TPSA) is 21.3 Å². The van der Waals surface area contributed by atoms with Crippen LogP contribution in [0.5, 0.6) is 11.5 Å². The molecule has 0 heterocycles. The smallest absolute Gasteiger partial charge is 0.146 e. The molecule has 0 fully saturated rings. The maximum Gasteiger partial charge on any atom is 0.146 e. The fourth-order valence-corrected chi connectivity index (χ4v) is 2.14. The summed E-state index contributed by atoms with van der Waals surface area (Å²) in [6.07, 6.45) is 0. The highest BCUT2D eigenvalue weighted by molar-refractivity contribution is 6.32. The van der Waals surface area contributed by atoms with E-state index < -0.39 is 0 Å². The Morgan fingerprint density at radius 3 is 2.55 bits per heavy atom. The molecule has 0 aliphatic rings. The third-order valence-electron chi connectivity index (χ3n) is 2.73. The number of hydrogen-bond donors (Lipinski definition) is 1. The molecule has 0 bridgehead atoms. The summed E-state index contributed by atoms with van der Waals surface area (Å²) in [4.78, 5) is 0. The van der Waals surface area contributed by atoms with Crippen LogP contribution in [0, 0.1) is 0 Å². The van der Waals surface area contributed by atoms with E-state index in [2.05, 4.69) is 19.2 Å². The van der Waals surface area contributed by atoms with Crippen molar-refractivity contribution in [3.05, 3.63) is 58.1 Å². The van der Waals surface area contributed by atoms with Gasteiger partial charge in [0, 0.05) is 17.6 Å². The lowest BCUT2D eigenvalue weighted by Gasteiger charge is -2.11.